The minimum absolute atomic E-state index is 0.0425. The van der Waals surface area contributed by atoms with Crippen molar-refractivity contribution in [2.75, 3.05) is 0 Å². The fraction of sp³-hybridized carbons (Fsp3) is 0.308. The Morgan fingerprint density at radius 3 is 2.50 bits per heavy atom. The number of rotatable bonds is 1. The highest BCUT2D eigenvalue weighted by atomic mass is 35.5. The predicted octanol–water partition coefficient (Wildman–Crippen LogP) is 5.14. The van der Waals surface area contributed by atoms with Crippen LogP contribution in [0.2, 0.25) is 10.0 Å². The van der Waals surface area contributed by atoms with Gasteiger partial charge in [0.1, 0.15) is 0 Å². The van der Waals surface area contributed by atoms with Crippen molar-refractivity contribution in [3.8, 4) is 5.69 Å². The van der Waals surface area contributed by atoms with Crippen LogP contribution in [0.25, 0.3) is 5.69 Å². The fourth-order valence-corrected chi connectivity index (χ4v) is 2.44. The average molecular weight is 301 g/mol. The number of imidazole rings is 1. The van der Waals surface area contributed by atoms with Crippen molar-refractivity contribution >= 4 is 35.4 Å². The summed E-state index contributed by atoms with van der Waals surface area (Å²) in [7, 11) is 0. The number of aromatic nitrogens is 2. The first-order valence-corrected chi connectivity index (χ1v) is 6.73. The monoisotopic (exact) mass is 300 g/mol. The zero-order valence-corrected chi connectivity index (χ0v) is 12.7. The van der Waals surface area contributed by atoms with Crippen LogP contribution < -0.4 is 0 Å². The first kappa shape index (κ1) is 13.7. The number of hydrogen-bond donors (Lipinski definition) is 1. The Balaban J connectivity index is 2.75. The standard InChI is InChI=1S/C13H14Cl2N2S/c1-13(2,3)11-7-16-12(18)17(11)10-6-8(14)4-5-9(10)15/h4-7H,1-3H3,(H,16,18). The van der Waals surface area contributed by atoms with Crippen LogP contribution in [0.4, 0.5) is 0 Å². The van der Waals surface area contributed by atoms with Crippen molar-refractivity contribution in [3.63, 3.8) is 0 Å². The summed E-state index contributed by atoms with van der Waals surface area (Å²) in [5.41, 5.74) is 1.83. The smallest absolute Gasteiger partial charge is 0.182 e. The number of hydrogen-bond acceptors (Lipinski definition) is 1. The summed E-state index contributed by atoms with van der Waals surface area (Å²) in [6, 6.07) is 5.36. The molecule has 2 rings (SSSR count). The summed E-state index contributed by atoms with van der Waals surface area (Å²) < 4.78 is 2.55. The summed E-state index contributed by atoms with van der Waals surface area (Å²) >= 11 is 17.6. The van der Waals surface area contributed by atoms with E-state index in [1.165, 1.54) is 0 Å². The van der Waals surface area contributed by atoms with Gasteiger partial charge < -0.3 is 4.98 Å². The summed E-state index contributed by atoms with van der Waals surface area (Å²) in [5.74, 6) is 0. The van der Waals surface area contributed by atoms with Crippen LogP contribution in [0.15, 0.2) is 24.4 Å². The molecule has 0 amide bonds. The molecule has 0 fully saturated rings. The molecule has 96 valence electrons. The first-order chi connectivity index (χ1) is 8.30. The third kappa shape index (κ3) is 2.48. The highest BCUT2D eigenvalue weighted by molar-refractivity contribution is 7.71. The van der Waals surface area contributed by atoms with Crippen LogP contribution in [-0.4, -0.2) is 9.55 Å². The molecule has 0 unspecified atom stereocenters. The lowest BCUT2D eigenvalue weighted by Crippen LogP contribution is -2.16. The van der Waals surface area contributed by atoms with Gasteiger partial charge in [0.05, 0.1) is 10.7 Å². The van der Waals surface area contributed by atoms with Crippen molar-refractivity contribution in [1.29, 1.82) is 0 Å². The maximum atomic E-state index is 6.24. The molecule has 0 aliphatic carbocycles. The molecule has 0 radical (unpaired) electrons. The zero-order valence-electron chi connectivity index (χ0n) is 10.4. The Kier molecular flexibility index (Phi) is 3.58. The number of benzene rings is 1. The van der Waals surface area contributed by atoms with Crippen LogP contribution in [0.1, 0.15) is 26.5 Å². The molecule has 2 nitrogen and oxygen atoms in total. The van der Waals surface area contributed by atoms with E-state index >= 15 is 0 Å². The molecule has 0 atom stereocenters. The van der Waals surface area contributed by atoms with Gasteiger partial charge in [0.2, 0.25) is 0 Å². The Morgan fingerprint density at radius 2 is 1.89 bits per heavy atom. The molecule has 1 aromatic heterocycles. The van der Waals surface area contributed by atoms with Crippen LogP contribution in [-0.2, 0) is 5.41 Å². The van der Waals surface area contributed by atoms with E-state index in [1.54, 1.807) is 12.1 Å². The Labute approximate surface area is 122 Å². The van der Waals surface area contributed by atoms with Crippen LogP contribution in [0.3, 0.4) is 0 Å². The minimum Gasteiger partial charge on any atom is -0.337 e. The second-order valence-electron chi connectivity index (χ2n) is 5.16. The SMILES string of the molecule is CC(C)(C)c1c[nH]c(=S)n1-c1cc(Cl)ccc1Cl. The first-order valence-electron chi connectivity index (χ1n) is 5.57. The molecule has 5 heteroatoms. The number of aromatic amines is 1. The lowest BCUT2D eigenvalue weighted by Gasteiger charge is -2.21. The molecule has 18 heavy (non-hydrogen) atoms. The molecule has 0 bridgehead atoms. The molecule has 0 saturated carbocycles. The van der Waals surface area contributed by atoms with E-state index in [9.17, 15) is 0 Å². The van der Waals surface area contributed by atoms with E-state index in [0.717, 1.165) is 11.4 Å². The van der Waals surface area contributed by atoms with Crippen LogP contribution in [0.5, 0.6) is 0 Å². The zero-order chi connectivity index (χ0) is 13.5. The Bertz CT molecular complexity index is 635. The summed E-state index contributed by atoms with van der Waals surface area (Å²) in [6.45, 7) is 6.37. The minimum atomic E-state index is -0.0425. The van der Waals surface area contributed by atoms with Crippen molar-refractivity contribution < 1.29 is 0 Å². The molecule has 1 N–H and O–H groups in total. The van der Waals surface area contributed by atoms with Gasteiger partial charge in [-0.25, -0.2) is 0 Å². The second kappa shape index (κ2) is 4.72. The van der Waals surface area contributed by atoms with E-state index in [4.69, 9.17) is 35.4 Å². The molecule has 0 aliphatic heterocycles. The van der Waals surface area contributed by atoms with Gasteiger partial charge in [-0.1, -0.05) is 44.0 Å². The number of H-pyrrole nitrogens is 1. The van der Waals surface area contributed by atoms with Gasteiger partial charge in [0.25, 0.3) is 0 Å². The highest BCUT2D eigenvalue weighted by Crippen LogP contribution is 2.30. The third-order valence-corrected chi connectivity index (χ3v) is 3.55. The summed E-state index contributed by atoms with van der Waals surface area (Å²) in [5, 5.41) is 1.26. The molecular weight excluding hydrogens is 287 g/mol. The van der Waals surface area contributed by atoms with E-state index in [1.807, 2.05) is 16.8 Å². The van der Waals surface area contributed by atoms with E-state index in [-0.39, 0.29) is 5.41 Å². The second-order valence-corrected chi connectivity index (χ2v) is 6.39. The number of nitrogens with one attached hydrogen (secondary N) is 1. The molecule has 1 heterocycles. The molecule has 0 spiro atoms. The van der Waals surface area contributed by atoms with Gasteiger partial charge in [0.15, 0.2) is 4.77 Å². The maximum Gasteiger partial charge on any atom is 0.182 e. The van der Waals surface area contributed by atoms with Crippen molar-refractivity contribution in [3.05, 3.63) is 44.9 Å². The van der Waals surface area contributed by atoms with Crippen molar-refractivity contribution in [2.24, 2.45) is 0 Å². The predicted molar refractivity (Wildman–Crippen MR) is 79.7 cm³/mol. The van der Waals surface area contributed by atoms with Crippen LogP contribution in [0, 0.1) is 4.77 Å². The van der Waals surface area contributed by atoms with Gasteiger partial charge >= 0.3 is 0 Å². The van der Waals surface area contributed by atoms with Gasteiger partial charge in [-0.2, -0.15) is 0 Å². The molecule has 2 aromatic rings. The summed E-state index contributed by atoms with van der Waals surface area (Å²) in [6.07, 6.45) is 1.92. The Morgan fingerprint density at radius 1 is 1.22 bits per heavy atom. The highest BCUT2D eigenvalue weighted by Gasteiger charge is 2.21. The lowest BCUT2D eigenvalue weighted by molar-refractivity contribution is 0.556. The van der Waals surface area contributed by atoms with Crippen LogP contribution >= 0.6 is 35.4 Å². The number of nitrogens with zero attached hydrogens (tertiary/aromatic N) is 1. The largest absolute Gasteiger partial charge is 0.337 e. The van der Waals surface area contributed by atoms with E-state index in [0.29, 0.717) is 14.8 Å². The maximum absolute atomic E-state index is 6.24. The van der Waals surface area contributed by atoms with Gasteiger partial charge in [-0.05, 0) is 30.4 Å². The summed E-state index contributed by atoms with van der Waals surface area (Å²) in [4.78, 5) is 3.07. The molecule has 0 saturated heterocycles. The number of halogens is 2. The van der Waals surface area contributed by atoms with Crippen molar-refractivity contribution in [1.82, 2.24) is 9.55 Å². The van der Waals surface area contributed by atoms with Gasteiger partial charge in [-0.15, -0.1) is 0 Å². The molecule has 1 aromatic carbocycles. The van der Waals surface area contributed by atoms with Crippen molar-refractivity contribution in [2.45, 2.75) is 26.2 Å². The molecule has 0 aliphatic rings. The normalized spacial score (nSPS) is 11.8. The van der Waals surface area contributed by atoms with E-state index in [2.05, 4.69) is 25.8 Å². The van der Waals surface area contributed by atoms with Gasteiger partial charge in [-0.3, -0.25) is 4.57 Å². The quantitative estimate of drug-likeness (QED) is 0.723. The third-order valence-electron chi connectivity index (χ3n) is 2.69. The molecular formula is C13H14Cl2N2S. The van der Waals surface area contributed by atoms with E-state index < -0.39 is 0 Å². The fourth-order valence-electron chi connectivity index (χ4n) is 1.82. The lowest BCUT2D eigenvalue weighted by atomic mass is 9.92. The average Bonchev–Trinajstić information content (AvgIpc) is 2.63. The topological polar surface area (TPSA) is 20.7 Å². The van der Waals surface area contributed by atoms with Gasteiger partial charge in [0, 0.05) is 22.3 Å². The Hall–Kier alpha value is -0.770.